The first-order valence-electron chi connectivity index (χ1n) is 16.0. The molecule has 2 aromatic heterocycles. The molecule has 8 rings (SSSR count). The summed E-state index contributed by atoms with van der Waals surface area (Å²) < 4.78 is 63.0. The number of hydrogen-bond donors (Lipinski definition) is 1. The van der Waals surface area contributed by atoms with Crippen LogP contribution < -0.4 is 0 Å². The largest absolute Gasteiger partial charge is 0.353 e. The molecule has 2 nitrogen and oxygen atoms in total. The van der Waals surface area contributed by atoms with Gasteiger partial charge in [-0.05, 0) is 52.5 Å². The highest BCUT2D eigenvalue weighted by Gasteiger charge is 2.17. The maximum absolute atomic E-state index is 9.16. The van der Waals surface area contributed by atoms with Gasteiger partial charge in [0.1, 0.15) is 0 Å². The Morgan fingerprint density at radius 1 is 0.526 bits per heavy atom. The number of nitrogens with zero attached hydrogens (tertiary/aromatic N) is 1. The number of aromatic amines is 1. The van der Waals surface area contributed by atoms with E-state index >= 15 is 0 Å². The molecule has 8 aromatic rings. The lowest BCUT2D eigenvalue weighted by Gasteiger charge is -2.12. The first-order chi connectivity index (χ1) is 21.7. The molecule has 0 bridgehead atoms. The fraction of sp³-hybridized carbons (Fsp3) is 0. The first kappa shape index (κ1) is 15.2. The van der Waals surface area contributed by atoms with Crippen LogP contribution in [0.2, 0.25) is 0 Å². The SMILES string of the molecule is [2H]c1cc([2H])c2[nH]c3c(c([2H])c([2H])c4c5c([2H])c([2H])cc([2H])c5n(-c5cccc(-c6cccc(-c7ccccc7)c6)c5)c34)c2c1. The zero-order chi connectivity index (χ0) is 31.1. The van der Waals surface area contributed by atoms with Crippen molar-refractivity contribution in [1.29, 1.82) is 0 Å². The van der Waals surface area contributed by atoms with Gasteiger partial charge in [0.05, 0.1) is 26.1 Å². The highest BCUT2D eigenvalue weighted by molar-refractivity contribution is 6.22. The van der Waals surface area contributed by atoms with Crippen LogP contribution in [0.3, 0.4) is 0 Å². The molecule has 6 aromatic carbocycles. The molecule has 0 unspecified atom stereocenters. The van der Waals surface area contributed by atoms with Crippen molar-refractivity contribution in [1.82, 2.24) is 9.55 Å². The fourth-order valence-electron chi connectivity index (χ4n) is 5.44. The molecule has 1 N–H and O–H groups in total. The molecule has 0 fully saturated rings. The van der Waals surface area contributed by atoms with Crippen LogP contribution in [-0.4, -0.2) is 9.55 Å². The highest BCUT2D eigenvalue weighted by Crippen LogP contribution is 2.39. The number of para-hydroxylation sites is 2. The first-order valence-corrected chi connectivity index (χ1v) is 12.5. The number of H-pyrrole nitrogens is 1. The summed E-state index contributed by atoms with van der Waals surface area (Å²) in [7, 11) is 0. The molecule has 0 amide bonds. The number of nitrogens with one attached hydrogen (secondary N) is 1. The summed E-state index contributed by atoms with van der Waals surface area (Å²) in [6, 6.07) is 30.4. The van der Waals surface area contributed by atoms with Gasteiger partial charge in [-0.3, -0.25) is 0 Å². The van der Waals surface area contributed by atoms with E-state index in [1.54, 1.807) is 6.07 Å². The topological polar surface area (TPSA) is 20.7 Å². The van der Waals surface area contributed by atoms with Crippen LogP contribution in [0, 0.1) is 0 Å². The zero-order valence-electron chi connectivity index (χ0n) is 27.2. The number of rotatable bonds is 3. The van der Waals surface area contributed by atoms with Gasteiger partial charge < -0.3 is 9.55 Å². The van der Waals surface area contributed by atoms with Gasteiger partial charge in [-0.2, -0.15) is 0 Å². The van der Waals surface area contributed by atoms with E-state index in [2.05, 4.69) is 29.2 Å². The number of fused-ring (bicyclic) bond motifs is 7. The van der Waals surface area contributed by atoms with Crippen LogP contribution in [0.25, 0.3) is 71.6 Å². The maximum Gasteiger partial charge on any atom is 0.0783 e. The molecule has 178 valence electrons. The second-order valence-electron chi connectivity index (χ2n) is 9.35. The molecule has 0 saturated heterocycles. The van der Waals surface area contributed by atoms with Crippen LogP contribution in [0.15, 0.2) is 139 Å². The summed E-state index contributed by atoms with van der Waals surface area (Å²) in [5.41, 5.74) is 6.58. The lowest BCUT2D eigenvalue weighted by molar-refractivity contribution is 1.18. The molecular weight excluding hydrogens is 460 g/mol. The van der Waals surface area contributed by atoms with E-state index in [1.807, 2.05) is 59.2 Å². The molecule has 2 heteroatoms. The molecule has 0 radical (unpaired) electrons. The minimum Gasteiger partial charge on any atom is -0.353 e. The molecule has 0 aliphatic heterocycles. The Labute approximate surface area is 230 Å². The Kier molecular flexibility index (Phi) is 3.30. The van der Waals surface area contributed by atoms with Gasteiger partial charge >= 0.3 is 0 Å². The van der Waals surface area contributed by atoms with Crippen molar-refractivity contribution < 1.29 is 9.60 Å². The second-order valence-corrected chi connectivity index (χ2v) is 9.35. The van der Waals surface area contributed by atoms with Gasteiger partial charge in [0, 0.05) is 32.7 Å². The summed E-state index contributed by atoms with van der Waals surface area (Å²) in [4.78, 5) is 3.32. The van der Waals surface area contributed by atoms with E-state index in [4.69, 9.17) is 9.60 Å². The summed E-state index contributed by atoms with van der Waals surface area (Å²) in [5.74, 6) is 0. The Morgan fingerprint density at radius 2 is 1.26 bits per heavy atom. The molecule has 0 aliphatic carbocycles. The van der Waals surface area contributed by atoms with E-state index in [1.165, 1.54) is 12.1 Å². The standard InChI is InChI=1S/C36H24N2/c1-2-10-24(11-3-1)25-12-8-13-26(22-25)27-14-9-15-28(23-27)38-34-19-7-5-17-30(34)32-21-20-31-29-16-4-6-18-33(29)37-35(31)36(32)38/h1-23,37H/i4D,5D,17D,18D,19D,20D,21D. The molecule has 0 aliphatic rings. The smallest absolute Gasteiger partial charge is 0.0783 e. The van der Waals surface area contributed by atoms with Gasteiger partial charge in [-0.15, -0.1) is 0 Å². The lowest BCUT2D eigenvalue weighted by atomic mass is 9.99. The van der Waals surface area contributed by atoms with Crippen molar-refractivity contribution in [2.75, 3.05) is 0 Å². The average molecular weight is 492 g/mol. The third-order valence-electron chi connectivity index (χ3n) is 7.17. The lowest BCUT2D eigenvalue weighted by Crippen LogP contribution is -1.95. The Balaban J connectivity index is 1.50. The number of benzene rings is 6. The second kappa shape index (κ2) is 8.22. The van der Waals surface area contributed by atoms with Crippen LogP contribution in [0.5, 0.6) is 0 Å². The molecular formula is C36H24N2. The molecule has 0 saturated carbocycles. The van der Waals surface area contributed by atoms with Crippen molar-refractivity contribution in [3.8, 4) is 27.9 Å². The normalized spacial score (nSPS) is 14.3. The number of aromatic nitrogens is 2. The quantitative estimate of drug-likeness (QED) is 0.254. The van der Waals surface area contributed by atoms with Gasteiger partial charge in [0.15, 0.2) is 0 Å². The van der Waals surface area contributed by atoms with Crippen LogP contribution in [-0.2, 0) is 0 Å². The average Bonchev–Trinajstić information content (AvgIpc) is 3.61. The van der Waals surface area contributed by atoms with Crippen LogP contribution in [0.1, 0.15) is 9.60 Å². The van der Waals surface area contributed by atoms with Crippen molar-refractivity contribution in [3.63, 3.8) is 0 Å². The predicted octanol–water partition coefficient (Wildman–Crippen LogP) is 9.75. The molecule has 0 atom stereocenters. The summed E-state index contributed by atoms with van der Waals surface area (Å²) in [6.07, 6.45) is 0. The summed E-state index contributed by atoms with van der Waals surface area (Å²) in [5, 5.41) is 1.48. The molecule has 0 spiro atoms. The summed E-state index contributed by atoms with van der Waals surface area (Å²) >= 11 is 0. The monoisotopic (exact) mass is 491 g/mol. The Morgan fingerprint density at radius 3 is 2.16 bits per heavy atom. The summed E-state index contributed by atoms with van der Waals surface area (Å²) in [6.45, 7) is 0. The van der Waals surface area contributed by atoms with Gasteiger partial charge in [-0.25, -0.2) is 0 Å². The van der Waals surface area contributed by atoms with Gasteiger partial charge in [-0.1, -0.05) is 109 Å². The minimum atomic E-state index is -0.131. The number of hydrogen-bond acceptors (Lipinski definition) is 0. The van der Waals surface area contributed by atoms with E-state index in [9.17, 15) is 0 Å². The Hall–Kier alpha value is -5.08. The van der Waals surface area contributed by atoms with Crippen molar-refractivity contribution in [2.45, 2.75) is 0 Å². The van der Waals surface area contributed by atoms with Crippen LogP contribution >= 0.6 is 0 Å². The molecule has 2 heterocycles. The van der Waals surface area contributed by atoms with E-state index in [-0.39, 0.29) is 47.7 Å². The maximum atomic E-state index is 9.16. The highest BCUT2D eigenvalue weighted by atomic mass is 15.0. The third-order valence-corrected chi connectivity index (χ3v) is 7.17. The van der Waals surface area contributed by atoms with Crippen molar-refractivity contribution in [3.05, 3.63) is 139 Å². The van der Waals surface area contributed by atoms with E-state index in [0.717, 1.165) is 22.3 Å². The van der Waals surface area contributed by atoms with E-state index in [0.29, 0.717) is 43.9 Å². The third kappa shape index (κ3) is 3.14. The predicted molar refractivity (Wildman–Crippen MR) is 161 cm³/mol. The van der Waals surface area contributed by atoms with Crippen molar-refractivity contribution in [2.24, 2.45) is 0 Å². The minimum absolute atomic E-state index is 0.0310. The van der Waals surface area contributed by atoms with E-state index < -0.39 is 0 Å². The fourth-order valence-corrected chi connectivity index (χ4v) is 5.44. The van der Waals surface area contributed by atoms with Crippen molar-refractivity contribution >= 4 is 43.6 Å². The Bertz CT molecular complexity index is 2510. The molecule has 38 heavy (non-hydrogen) atoms. The van der Waals surface area contributed by atoms with Gasteiger partial charge in [0.25, 0.3) is 0 Å². The zero-order valence-corrected chi connectivity index (χ0v) is 20.2. The van der Waals surface area contributed by atoms with Gasteiger partial charge in [0.2, 0.25) is 0 Å². The van der Waals surface area contributed by atoms with Crippen LogP contribution in [0.4, 0.5) is 0 Å².